The Kier molecular flexibility index (Phi) is 7.00. The molecule has 2 rings (SSSR count). The Morgan fingerprint density at radius 3 is 2.67 bits per heavy atom. The number of rotatable bonds is 7. The fourth-order valence-electron chi connectivity index (χ4n) is 2.38. The highest BCUT2D eigenvalue weighted by molar-refractivity contribution is 6.30. The van der Waals surface area contributed by atoms with E-state index in [-0.39, 0.29) is 5.97 Å². The van der Waals surface area contributed by atoms with Crippen LogP contribution < -0.4 is 5.32 Å². The Morgan fingerprint density at radius 1 is 1.24 bits per heavy atom. The van der Waals surface area contributed by atoms with Gasteiger partial charge in [0.2, 0.25) is 0 Å². The van der Waals surface area contributed by atoms with Gasteiger partial charge in [0.1, 0.15) is 6.61 Å². The average molecular weight is 311 g/mol. The second-order valence-corrected chi connectivity index (χ2v) is 5.73. The third kappa shape index (κ3) is 6.46. The van der Waals surface area contributed by atoms with Gasteiger partial charge < -0.3 is 10.1 Å². The number of carbonyl (C=O) groups is 1. The SMILES string of the molecule is O=C(CCCc1ccc(Cl)cc1)OCCN1CCNCC1. The Balaban J connectivity index is 1.54. The molecule has 0 unspecified atom stereocenters. The van der Waals surface area contributed by atoms with Crippen molar-refractivity contribution in [1.29, 1.82) is 0 Å². The summed E-state index contributed by atoms with van der Waals surface area (Å²) < 4.78 is 5.28. The van der Waals surface area contributed by atoms with Gasteiger partial charge in [-0.05, 0) is 30.5 Å². The lowest BCUT2D eigenvalue weighted by Gasteiger charge is -2.26. The molecule has 0 aromatic heterocycles. The molecule has 0 aliphatic carbocycles. The second kappa shape index (κ2) is 9.03. The Hall–Kier alpha value is -1.10. The van der Waals surface area contributed by atoms with Crippen LogP contribution in [-0.2, 0) is 16.0 Å². The topological polar surface area (TPSA) is 41.6 Å². The van der Waals surface area contributed by atoms with Gasteiger partial charge in [0, 0.05) is 44.2 Å². The molecule has 21 heavy (non-hydrogen) atoms. The van der Waals surface area contributed by atoms with Crippen LogP contribution in [0.15, 0.2) is 24.3 Å². The molecule has 4 nitrogen and oxygen atoms in total. The third-order valence-electron chi connectivity index (χ3n) is 3.64. The monoisotopic (exact) mass is 310 g/mol. The van der Waals surface area contributed by atoms with Gasteiger partial charge >= 0.3 is 5.97 Å². The standard InChI is InChI=1S/C16H23ClN2O2/c17-15-6-4-14(5-7-15)2-1-3-16(20)21-13-12-19-10-8-18-9-11-19/h4-7,18H,1-3,8-13H2. The molecule has 5 heteroatoms. The van der Waals surface area contributed by atoms with Crippen LogP contribution >= 0.6 is 11.6 Å². The van der Waals surface area contributed by atoms with E-state index in [2.05, 4.69) is 10.2 Å². The summed E-state index contributed by atoms with van der Waals surface area (Å²) in [6, 6.07) is 7.75. The van der Waals surface area contributed by atoms with Crippen molar-refractivity contribution in [3.05, 3.63) is 34.9 Å². The molecular weight excluding hydrogens is 288 g/mol. The molecule has 1 fully saturated rings. The van der Waals surface area contributed by atoms with E-state index in [1.807, 2.05) is 24.3 Å². The van der Waals surface area contributed by atoms with Crippen LogP contribution in [0.5, 0.6) is 0 Å². The number of carbonyl (C=O) groups excluding carboxylic acids is 1. The maximum absolute atomic E-state index is 11.7. The molecule has 1 aromatic carbocycles. The van der Waals surface area contributed by atoms with Crippen LogP contribution in [0.25, 0.3) is 0 Å². The summed E-state index contributed by atoms with van der Waals surface area (Å²) in [6.07, 6.45) is 2.17. The predicted molar refractivity (Wildman–Crippen MR) is 84.7 cm³/mol. The lowest BCUT2D eigenvalue weighted by atomic mass is 10.1. The van der Waals surface area contributed by atoms with Gasteiger partial charge in [-0.15, -0.1) is 0 Å². The molecule has 0 bridgehead atoms. The van der Waals surface area contributed by atoms with Gasteiger partial charge in [-0.3, -0.25) is 9.69 Å². The molecule has 1 saturated heterocycles. The second-order valence-electron chi connectivity index (χ2n) is 5.29. The minimum absolute atomic E-state index is 0.0981. The van der Waals surface area contributed by atoms with Crippen molar-refractivity contribution in [3.8, 4) is 0 Å². The highest BCUT2D eigenvalue weighted by Crippen LogP contribution is 2.11. The van der Waals surface area contributed by atoms with Gasteiger partial charge in [0.25, 0.3) is 0 Å². The summed E-state index contributed by atoms with van der Waals surface area (Å²) >= 11 is 5.84. The fraction of sp³-hybridized carbons (Fsp3) is 0.562. The van der Waals surface area contributed by atoms with Crippen LogP contribution in [0.3, 0.4) is 0 Å². The first-order chi connectivity index (χ1) is 10.2. The van der Waals surface area contributed by atoms with Crippen LogP contribution in [-0.4, -0.2) is 50.2 Å². The molecule has 0 amide bonds. The van der Waals surface area contributed by atoms with Gasteiger partial charge in [-0.2, -0.15) is 0 Å². The number of halogens is 1. The minimum atomic E-state index is -0.0981. The normalized spacial score (nSPS) is 15.9. The maximum Gasteiger partial charge on any atom is 0.305 e. The van der Waals surface area contributed by atoms with E-state index in [0.29, 0.717) is 13.0 Å². The van der Waals surface area contributed by atoms with Crippen molar-refractivity contribution < 1.29 is 9.53 Å². The van der Waals surface area contributed by atoms with Crippen LogP contribution in [0.2, 0.25) is 5.02 Å². The molecule has 1 heterocycles. The first-order valence-corrected chi connectivity index (χ1v) is 7.95. The highest BCUT2D eigenvalue weighted by atomic mass is 35.5. The molecule has 0 radical (unpaired) electrons. The molecule has 1 aliphatic rings. The van der Waals surface area contributed by atoms with Gasteiger partial charge in [0.05, 0.1) is 0 Å². The van der Waals surface area contributed by atoms with Gasteiger partial charge in [-0.1, -0.05) is 23.7 Å². The van der Waals surface area contributed by atoms with E-state index < -0.39 is 0 Å². The number of nitrogens with zero attached hydrogens (tertiary/aromatic N) is 1. The smallest absolute Gasteiger partial charge is 0.305 e. The van der Waals surface area contributed by atoms with E-state index in [1.165, 1.54) is 5.56 Å². The van der Waals surface area contributed by atoms with Gasteiger partial charge in [-0.25, -0.2) is 0 Å². The fourth-order valence-corrected chi connectivity index (χ4v) is 2.51. The number of piperazine rings is 1. The molecule has 1 aliphatic heterocycles. The summed E-state index contributed by atoms with van der Waals surface area (Å²) in [6.45, 7) is 5.46. The maximum atomic E-state index is 11.7. The number of ether oxygens (including phenoxy) is 1. The number of hydrogen-bond donors (Lipinski definition) is 1. The summed E-state index contributed by atoms with van der Waals surface area (Å²) in [7, 11) is 0. The number of aryl methyl sites for hydroxylation is 1. The molecule has 0 saturated carbocycles. The van der Waals surface area contributed by atoms with Crippen LogP contribution in [0.1, 0.15) is 18.4 Å². The highest BCUT2D eigenvalue weighted by Gasteiger charge is 2.10. The summed E-state index contributed by atoms with van der Waals surface area (Å²) in [5, 5.41) is 4.04. The Bertz CT molecular complexity index is 430. The Labute approximate surface area is 131 Å². The Morgan fingerprint density at radius 2 is 1.95 bits per heavy atom. The van der Waals surface area contributed by atoms with Crippen molar-refractivity contribution in [1.82, 2.24) is 10.2 Å². The zero-order valence-corrected chi connectivity index (χ0v) is 13.1. The van der Waals surface area contributed by atoms with E-state index in [9.17, 15) is 4.79 Å². The number of hydrogen-bond acceptors (Lipinski definition) is 4. The minimum Gasteiger partial charge on any atom is -0.464 e. The molecule has 1 N–H and O–H groups in total. The predicted octanol–water partition coefficient (Wildman–Crippen LogP) is 2.11. The van der Waals surface area contributed by atoms with E-state index in [4.69, 9.17) is 16.3 Å². The quantitative estimate of drug-likeness (QED) is 0.783. The lowest BCUT2D eigenvalue weighted by Crippen LogP contribution is -2.44. The van der Waals surface area contributed by atoms with Crippen LogP contribution in [0, 0.1) is 0 Å². The van der Waals surface area contributed by atoms with E-state index in [1.54, 1.807) is 0 Å². The summed E-state index contributed by atoms with van der Waals surface area (Å²) in [5.41, 5.74) is 1.20. The van der Waals surface area contributed by atoms with Gasteiger partial charge in [0.15, 0.2) is 0 Å². The first kappa shape index (κ1) is 16.3. The molecule has 0 spiro atoms. The first-order valence-electron chi connectivity index (χ1n) is 7.57. The summed E-state index contributed by atoms with van der Waals surface area (Å²) in [5.74, 6) is -0.0981. The zero-order valence-electron chi connectivity index (χ0n) is 12.3. The largest absolute Gasteiger partial charge is 0.464 e. The number of benzene rings is 1. The van der Waals surface area contributed by atoms with Crippen molar-refractivity contribution in [2.75, 3.05) is 39.3 Å². The van der Waals surface area contributed by atoms with Crippen molar-refractivity contribution in [3.63, 3.8) is 0 Å². The lowest BCUT2D eigenvalue weighted by molar-refractivity contribution is -0.144. The van der Waals surface area contributed by atoms with E-state index in [0.717, 1.165) is 50.6 Å². The van der Waals surface area contributed by atoms with Crippen LogP contribution in [0.4, 0.5) is 0 Å². The zero-order chi connectivity index (χ0) is 14.9. The molecule has 0 atom stereocenters. The molecule has 116 valence electrons. The third-order valence-corrected chi connectivity index (χ3v) is 3.89. The molecule has 1 aromatic rings. The van der Waals surface area contributed by atoms with Crippen molar-refractivity contribution in [2.45, 2.75) is 19.3 Å². The van der Waals surface area contributed by atoms with Crippen molar-refractivity contribution in [2.24, 2.45) is 0 Å². The number of nitrogens with one attached hydrogen (secondary N) is 1. The number of esters is 1. The molecular formula is C16H23ClN2O2. The summed E-state index contributed by atoms with van der Waals surface area (Å²) in [4.78, 5) is 14.0. The average Bonchev–Trinajstić information content (AvgIpc) is 2.50. The van der Waals surface area contributed by atoms with Crippen molar-refractivity contribution >= 4 is 17.6 Å². The van der Waals surface area contributed by atoms with E-state index >= 15 is 0 Å².